The van der Waals surface area contributed by atoms with Crippen molar-refractivity contribution < 1.29 is 14.6 Å². The van der Waals surface area contributed by atoms with E-state index < -0.39 is 5.97 Å². The molecule has 0 aliphatic carbocycles. The monoisotopic (exact) mass is 560 g/mol. The molecule has 0 bridgehead atoms. The van der Waals surface area contributed by atoms with Gasteiger partial charge in [0.15, 0.2) is 5.06 Å². The highest BCUT2D eigenvalue weighted by atomic mass is 35.5. The fourth-order valence-electron chi connectivity index (χ4n) is 3.92. The maximum absolute atomic E-state index is 11.0. The van der Waals surface area contributed by atoms with Gasteiger partial charge in [-0.25, -0.2) is 9.78 Å². The van der Waals surface area contributed by atoms with Crippen molar-refractivity contribution in [1.82, 2.24) is 9.55 Å². The SMILES string of the molecule is CCn1cc(-c2ccc(Cl)cc2Cl)nc1/C=C/c1ccc(-c2ccc(Oc3ccc(C(=O)O)s3)cc2)cc1. The summed E-state index contributed by atoms with van der Waals surface area (Å²) in [6.45, 7) is 2.86. The molecule has 38 heavy (non-hydrogen) atoms. The van der Waals surface area contributed by atoms with Gasteiger partial charge in [-0.2, -0.15) is 0 Å². The van der Waals surface area contributed by atoms with Crippen LogP contribution in [0.15, 0.2) is 85.1 Å². The molecular formula is C30H22Cl2N2O3S. The van der Waals surface area contributed by atoms with Crippen molar-refractivity contribution in [3.63, 3.8) is 0 Å². The molecule has 0 fully saturated rings. The highest BCUT2D eigenvalue weighted by Gasteiger charge is 2.11. The molecule has 3 aromatic carbocycles. The van der Waals surface area contributed by atoms with E-state index in [9.17, 15) is 4.79 Å². The minimum absolute atomic E-state index is 0.246. The number of aryl methyl sites for hydroxylation is 1. The van der Waals surface area contributed by atoms with Gasteiger partial charge >= 0.3 is 5.97 Å². The summed E-state index contributed by atoms with van der Waals surface area (Å²) in [7, 11) is 0. The number of thiophene rings is 1. The molecule has 2 aromatic heterocycles. The van der Waals surface area contributed by atoms with Crippen LogP contribution in [-0.2, 0) is 6.54 Å². The Hall–Kier alpha value is -3.84. The normalized spacial score (nSPS) is 11.2. The Bertz CT molecular complexity index is 1620. The van der Waals surface area contributed by atoms with Gasteiger partial charge in [-0.15, -0.1) is 0 Å². The molecule has 5 rings (SSSR count). The molecule has 0 unspecified atom stereocenters. The fraction of sp³-hybridized carbons (Fsp3) is 0.0667. The first-order valence-corrected chi connectivity index (χ1v) is 13.4. The van der Waals surface area contributed by atoms with E-state index in [-0.39, 0.29) is 4.88 Å². The number of carbonyl (C=O) groups is 1. The third-order valence-electron chi connectivity index (χ3n) is 5.89. The molecule has 0 atom stereocenters. The summed E-state index contributed by atoms with van der Waals surface area (Å²) in [4.78, 5) is 16.1. The van der Waals surface area contributed by atoms with E-state index in [4.69, 9.17) is 38.0 Å². The molecule has 0 amide bonds. The lowest BCUT2D eigenvalue weighted by molar-refractivity contribution is 0.0702. The van der Waals surface area contributed by atoms with E-state index in [0.29, 0.717) is 20.9 Å². The Morgan fingerprint density at radius 3 is 2.32 bits per heavy atom. The zero-order chi connectivity index (χ0) is 26.6. The van der Waals surface area contributed by atoms with Gasteiger partial charge in [0.1, 0.15) is 16.5 Å². The van der Waals surface area contributed by atoms with Gasteiger partial charge in [0, 0.05) is 23.3 Å². The van der Waals surface area contributed by atoms with Gasteiger partial charge < -0.3 is 14.4 Å². The van der Waals surface area contributed by atoms with Crippen LogP contribution in [0, 0.1) is 0 Å². The number of benzene rings is 3. The second-order valence-electron chi connectivity index (χ2n) is 8.40. The lowest BCUT2D eigenvalue weighted by Gasteiger charge is -2.06. The van der Waals surface area contributed by atoms with Gasteiger partial charge in [-0.3, -0.25) is 0 Å². The van der Waals surface area contributed by atoms with Crippen LogP contribution in [0.4, 0.5) is 0 Å². The van der Waals surface area contributed by atoms with E-state index in [1.54, 1.807) is 12.1 Å². The molecule has 0 saturated heterocycles. The second kappa shape index (κ2) is 11.3. The number of hydrogen-bond donors (Lipinski definition) is 1. The molecule has 1 N–H and O–H groups in total. The van der Waals surface area contributed by atoms with Crippen molar-refractivity contribution in [2.75, 3.05) is 0 Å². The molecule has 0 spiro atoms. The van der Waals surface area contributed by atoms with Gasteiger partial charge in [0.05, 0.1) is 10.7 Å². The Balaban J connectivity index is 1.28. The van der Waals surface area contributed by atoms with Crippen LogP contribution in [0.5, 0.6) is 10.8 Å². The van der Waals surface area contributed by atoms with Gasteiger partial charge in [0.25, 0.3) is 0 Å². The van der Waals surface area contributed by atoms with Gasteiger partial charge in [-0.05, 0) is 72.2 Å². The second-order valence-corrected chi connectivity index (χ2v) is 10.3. The lowest BCUT2D eigenvalue weighted by atomic mass is 10.0. The third-order valence-corrected chi connectivity index (χ3v) is 7.39. The molecule has 5 aromatic rings. The summed E-state index contributed by atoms with van der Waals surface area (Å²) in [6, 6.07) is 24.6. The molecular weight excluding hydrogens is 539 g/mol. The van der Waals surface area contributed by atoms with Gasteiger partial charge in [-0.1, -0.05) is 77.0 Å². The fourth-order valence-corrected chi connectivity index (χ4v) is 5.14. The summed E-state index contributed by atoms with van der Waals surface area (Å²) < 4.78 is 7.86. The van der Waals surface area contributed by atoms with Crippen molar-refractivity contribution in [3.8, 4) is 33.2 Å². The summed E-state index contributed by atoms with van der Waals surface area (Å²) in [5.41, 5.74) is 4.83. The third kappa shape index (κ3) is 5.83. The van der Waals surface area contributed by atoms with E-state index >= 15 is 0 Å². The van der Waals surface area contributed by atoms with E-state index in [1.807, 2.05) is 54.7 Å². The first-order chi connectivity index (χ1) is 18.4. The molecule has 8 heteroatoms. The average Bonchev–Trinajstić information content (AvgIpc) is 3.55. The highest BCUT2D eigenvalue weighted by molar-refractivity contribution is 7.15. The maximum atomic E-state index is 11.0. The Morgan fingerprint density at radius 1 is 0.974 bits per heavy atom. The number of halogens is 2. The van der Waals surface area contributed by atoms with Crippen LogP contribution in [0.1, 0.15) is 28.0 Å². The van der Waals surface area contributed by atoms with Crippen LogP contribution < -0.4 is 4.74 Å². The number of aromatic nitrogens is 2. The lowest BCUT2D eigenvalue weighted by Crippen LogP contribution is -1.94. The molecule has 5 nitrogen and oxygen atoms in total. The molecule has 190 valence electrons. The van der Waals surface area contributed by atoms with Crippen molar-refractivity contribution in [2.45, 2.75) is 13.5 Å². The number of imidazole rings is 1. The van der Waals surface area contributed by atoms with E-state index in [0.717, 1.165) is 51.7 Å². The topological polar surface area (TPSA) is 64.4 Å². The minimum Gasteiger partial charge on any atom is -0.477 e. The van der Waals surface area contributed by atoms with Crippen LogP contribution in [0.3, 0.4) is 0 Å². The largest absolute Gasteiger partial charge is 0.477 e. The minimum atomic E-state index is -0.957. The van der Waals surface area contributed by atoms with Crippen molar-refractivity contribution in [3.05, 3.63) is 111 Å². The summed E-state index contributed by atoms with van der Waals surface area (Å²) >= 11 is 13.5. The Morgan fingerprint density at radius 2 is 1.68 bits per heavy atom. The molecule has 2 heterocycles. The summed E-state index contributed by atoms with van der Waals surface area (Å²) in [5.74, 6) is 0.536. The first-order valence-electron chi connectivity index (χ1n) is 11.8. The number of carboxylic acid groups (broad SMARTS) is 1. The van der Waals surface area contributed by atoms with Crippen LogP contribution in [0.2, 0.25) is 10.0 Å². The molecule has 0 aliphatic heterocycles. The zero-order valence-corrected chi connectivity index (χ0v) is 22.6. The number of rotatable bonds is 8. The van der Waals surface area contributed by atoms with Crippen molar-refractivity contribution in [1.29, 1.82) is 0 Å². The molecule has 0 saturated carbocycles. The predicted molar refractivity (Wildman–Crippen MR) is 156 cm³/mol. The van der Waals surface area contributed by atoms with Crippen molar-refractivity contribution >= 4 is 52.7 Å². The Kier molecular flexibility index (Phi) is 7.65. The summed E-state index contributed by atoms with van der Waals surface area (Å²) in [6.07, 6.45) is 6.03. The highest BCUT2D eigenvalue weighted by Crippen LogP contribution is 2.32. The van der Waals surface area contributed by atoms with Crippen LogP contribution in [-0.4, -0.2) is 20.6 Å². The van der Waals surface area contributed by atoms with E-state index in [1.165, 1.54) is 6.07 Å². The number of nitrogens with zero attached hydrogens (tertiary/aromatic N) is 2. The average molecular weight is 561 g/mol. The maximum Gasteiger partial charge on any atom is 0.345 e. The van der Waals surface area contributed by atoms with Gasteiger partial charge in [0.2, 0.25) is 0 Å². The molecule has 0 aliphatic rings. The summed E-state index contributed by atoms with van der Waals surface area (Å²) in [5, 5.41) is 10.8. The van der Waals surface area contributed by atoms with E-state index in [2.05, 4.69) is 35.8 Å². The molecule has 0 radical (unpaired) electrons. The number of carboxylic acids is 1. The standard InChI is InChI=1S/C30H22Cl2N2O3S/c1-2-34-18-26(24-13-10-22(31)17-25(24)32)33-28(34)15-5-19-3-6-20(7-4-19)21-8-11-23(12-9-21)37-29-16-14-27(38-29)30(35)36/h3-18H,2H2,1H3,(H,35,36)/b15-5+. The zero-order valence-electron chi connectivity index (χ0n) is 20.3. The van der Waals surface area contributed by atoms with Crippen LogP contribution >= 0.6 is 34.5 Å². The number of ether oxygens (including phenoxy) is 1. The predicted octanol–water partition coefficient (Wildman–Crippen LogP) is 9.27. The number of aromatic carboxylic acids is 1. The van der Waals surface area contributed by atoms with Crippen LogP contribution in [0.25, 0.3) is 34.5 Å². The Labute approximate surface area is 234 Å². The van der Waals surface area contributed by atoms with Crippen molar-refractivity contribution in [2.24, 2.45) is 0 Å². The number of hydrogen-bond acceptors (Lipinski definition) is 4. The smallest absolute Gasteiger partial charge is 0.345 e. The quantitative estimate of drug-likeness (QED) is 0.205. The first kappa shape index (κ1) is 25.8.